The third-order valence-corrected chi connectivity index (χ3v) is 3.89. The number of rotatable bonds is 3. The number of para-hydroxylation sites is 1. The summed E-state index contributed by atoms with van der Waals surface area (Å²) in [4.78, 5) is 14.8. The van der Waals surface area contributed by atoms with Crippen molar-refractivity contribution in [3.8, 4) is 5.19 Å². The van der Waals surface area contributed by atoms with Gasteiger partial charge in [0.1, 0.15) is 6.10 Å². The topological polar surface area (TPSA) is 71.5 Å². The molecule has 0 unspecified atom stereocenters. The maximum Gasteiger partial charge on any atom is 0.404 e. The van der Waals surface area contributed by atoms with Crippen LogP contribution in [0.15, 0.2) is 24.3 Å². The molecule has 0 atom stereocenters. The summed E-state index contributed by atoms with van der Waals surface area (Å²) in [6.45, 7) is 0. The first kappa shape index (κ1) is 11.3. The molecule has 2 N–H and O–H groups in total. The Kier molecular flexibility index (Phi) is 2.79. The molecule has 94 valence electrons. The van der Waals surface area contributed by atoms with Crippen LogP contribution < -0.4 is 10.1 Å². The van der Waals surface area contributed by atoms with Crippen molar-refractivity contribution in [2.45, 2.75) is 25.0 Å². The number of nitrogens with one attached hydrogen (secondary N) is 1. The lowest BCUT2D eigenvalue weighted by atomic mass is 9.89. The Balaban J connectivity index is 1.59. The molecule has 18 heavy (non-hydrogen) atoms. The minimum atomic E-state index is -0.974. The van der Waals surface area contributed by atoms with Crippen molar-refractivity contribution in [3.63, 3.8) is 0 Å². The van der Waals surface area contributed by atoms with E-state index in [9.17, 15) is 4.79 Å². The number of hydrogen-bond donors (Lipinski definition) is 2. The molecule has 3 rings (SSSR count). The highest BCUT2D eigenvalue weighted by molar-refractivity contribution is 7.20. The average molecular weight is 264 g/mol. The molecule has 0 spiro atoms. The number of carboxylic acid groups (broad SMARTS) is 1. The molecule has 6 heteroatoms. The van der Waals surface area contributed by atoms with Gasteiger partial charge >= 0.3 is 6.09 Å². The molecule has 1 aromatic carbocycles. The maximum absolute atomic E-state index is 10.4. The number of nitrogens with zero attached hydrogens (tertiary/aromatic N) is 1. The van der Waals surface area contributed by atoms with Crippen LogP contribution in [0.3, 0.4) is 0 Å². The summed E-state index contributed by atoms with van der Waals surface area (Å²) in [6.07, 6.45) is 0.519. The molecule has 1 amide bonds. The second-order valence-corrected chi connectivity index (χ2v) is 5.30. The molecule has 0 saturated heterocycles. The third-order valence-electron chi connectivity index (χ3n) is 2.96. The lowest BCUT2D eigenvalue weighted by Gasteiger charge is -2.34. The van der Waals surface area contributed by atoms with Crippen LogP contribution in [0, 0.1) is 0 Å². The van der Waals surface area contributed by atoms with Gasteiger partial charge in [0.2, 0.25) is 0 Å². The Hall–Kier alpha value is -1.82. The van der Waals surface area contributed by atoms with Crippen molar-refractivity contribution in [2.75, 3.05) is 0 Å². The van der Waals surface area contributed by atoms with E-state index in [2.05, 4.69) is 10.3 Å². The molecule has 1 heterocycles. The second-order valence-electron chi connectivity index (χ2n) is 4.31. The van der Waals surface area contributed by atoms with E-state index in [1.165, 1.54) is 11.3 Å². The Bertz CT molecular complexity index is 544. The molecular weight excluding hydrogens is 252 g/mol. The van der Waals surface area contributed by atoms with E-state index in [-0.39, 0.29) is 12.1 Å². The smallest absolute Gasteiger partial charge is 0.404 e. The van der Waals surface area contributed by atoms with Crippen LogP contribution in [-0.2, 0) is 0 Å². The number of carbonyl (C=O) groups is 1. The number of aromatic nitrogens is 1. The number of amides is 1. The first-order chi connectivity index (χ1) is 8.70. The highest BCUT2D eigenvalue weighted by atomic mass is 32.1. The summed E-state index contributed by atoms with van der Waals surface area (Å²) >= 11 is 1.52. The van der Waals surface area contributed by atoms with Gasteiger partial charge in [-0.2, -0.15) is 0 Å². The van der Waals surface area contributed by atoms with Crippen LogP contribution in [0.5, 0.6) is 5.19 Å². The van der Waals surface area contributed by atoms with Gasteiger partial charge in [-0.15, -0.1) is 0 Å². The van der Waals surface area contributed by atoms with Crippen LogP contribution in [0.2, 0.25) is 0 Å². The molecule has 5 nitrogen and oxygen atoms in total. The fourth-order valence-electron chi connectivity index (χ4n) is 2.00. The van der Waals surface area contributed by atoms with Crippen molar-refractivity contribution in [1.82, 2.24) is 10.3 Å². The third kappa shape index (κ3) is 2.24. The first-order valence-corrected chi connectivity index (χ1v) is 6.54. The van der Waals surface area contributed by atoms with Gasteiger partial charge in [-0.25, -0.2) is 9.78 Å². The van der Waals surface area contributed by atoms with Crippen molar-refractivity contribution < 1.29 is 14.6 Å². The Labute approximate surface area is 107 Å². The minimum absolute atomic E-state index is 0.0156. The Morgan fingerprint density at radius 2 is 2.22 bits per heavy atom. The average Bonchev–Trinajstić information content (AvgIpc) is 2.67. The molecule has 2 aromatic rings. The highest BCUT2D eigenvalue weighted by Crippen LogP contribution is 2.31. The second kappa shape index (κ2) is 4.45. The molecule has 1 aliphatic carbocycles. The standard InChI is InChI=1S/C12H12N2O3S/c15-11(16)13-7-5-8(6-7)17-12-14-9-3-1-2-4-10(9)18-12/h1-4,7-8,13H,5-6H2,(H,15,16). The van der Waals surface area contributed by atoms with Gasteiger partial charge in [-0.3, -0.25) is 0 Å². The van der Waals surface area contributed by atoms with E-state index in [1.54, 1.807) is 0 Å². The summed E-state index contributed by atoms with van der Waals surface area (Å²) < 4.78 is 6.83. The van der Waals surface area contributed by atoms with Crippen LogP contribution >= 0.6 is 11.3 Å². The predicted octanol–water partition coefficient (Wildman–Crippen LogP) is 2.47. The molecule has 1 aromatic heterocycles. The van der Waals surface area contributed by atoms with Crippen molar-refractivity contribution in [2.24, 2.45) is 0 Å². The van der Waals surface area contributed by atoms with E-state index in [0.29, 0.717) is 18.0 Å². The zero-order chi connectivity index (χ0) is 12.5. The SMILES string of the molecule is O=C(O)NC1CC(Oc2nc3ccccc3s2)C1. The predicted molar refractivity (Wildman–Crippen MR) is 68.2 cm³/mol. The molecule has 0 bridgehead atoms. The van der Waals surface area contributed by atoms with Gasteiger partial charge in [0.15, 0.2) is 0 Å². The summed E-state index contributed by atoms with van der Waals surface area (Å²) in [5.74, 6) is 0. The fraction of sp³-hybridized carbons (Fsp3) is 0.333. The molecular formula is C12H12N2O3S. The van der Waals surface area contributed by atoms with Gasteiger partial charge in [-0.05, 0) is 12.1 Å². The lowest BCUT2D eigenvalue weighted by Crippen LogP contribution is -2.48. The van der Waals surface area contributed by atoms with E-state index in [0.717, 1.165) is 10.2 Å². The van der Waals surface area contributed by atoms with Crippen molar-refractivity contribution in [3.05, 3.63) is 24.3 Å². The number of thiazole rings is 1. The largest absolute Gasteiger partial charge is 0.467 e. The molecule has 0 aliphatic heterocycles. The van der Waals surface area contributed by atoms with Crippen LogP contribution in [0.25, 0.3) is 10.2 Å². The van der Waals surface area contributed by atoms with Crippen molar-refractivity contribution >= 4 is 27.6 Å². The summed E-state index contributed by atoms with van der Waals surface area (Å²) in [5.41, 5.74) is 0.942. The summed E-state index contributed by atoms with van der Waals surface area (Å²) in [5, 5.41) is 11.7. The fourth-order valence-corrected chi connectivity index (χ4v) is 2.88. The zero-order valence-electron chi connectivity index (χ0n) is 9.50. The van der Waals surface area contributed by atoms with E-state index in [1.807, 2.05) is 24.3 Å². The van der Waals surface area contributed by atoms with Crippen LogP contribution in [-0.4, -0.2) is 28.3 Å². The lowest BCUT2D eigenvalue weighted by molar-refractivity contribution is 0.0833. The minimum Gasteiger partial charge on any atom is -0.467 e. The monoisotopic (exact) mass is 264 g/mol. The number of hydrogen-bond acceptors (Lipinski definition) is 4. The van der Waals surface area contributed by atoms with E-state index in [4.69, 9.17) is 9.84 Å². The molecule has 1 aliphatic rings. The zero-order valence-corrected chi connectivity index (χ0v) is 10.3. The molecule has 0 radical (unpaired) electrons. The summed E-state index contributed by atoms with van der Waals surface area (Å²) in [7, 11) is 0. The van der Waals surface area contributed by atoms with Gasteiger partial charge < -0.3 is 15.2 Å². The maximum atomic E-state index is 10.4. The quantitative estimate of drug-likeness (QED) is 0.893. The van der Waals surface area contributed by atoms with E-state index >= 15 is 0 Å². The molecule has 1 saturated carbocycles. The van der Waals surface area contributed by atoms with Crippen LogP contribution in [0.4, 0.5) is 4.79 Å². The van der Waals surface area contributed by atoms with E-state index < -0.39 is 6.09 Å². The van der Waals surface area contributed by atoms with Gasteiger partial charge in [0.25, 0.3) is 5.19 Å². The normalized spacial score (nSPS) is 22.4. The van der Waals surface area contributed by atoms with Crippen molar-refractivity contribution in [1.29, 1.82) is 0 Å². The Morgan fingerprint density at radius 1 is 1.44 bits per heavy atom. The van der Waals surface area contributed by atoms with Gasteiger partial charge in [-0.1, -0.05) is 23.5 Å². The number of fused-ring (bicyclic) bond motifs is 1. The summed E-state index contributed by atoms with van der Waals surface area (Å²) in [6, 6.07) is 7.90. The van der Waals surface area contributed by atoms with Gasteiger partial charge in [0.05, 0.1) is 10.2 Å². The number of ether oxygens (including phenoxy) is 1. The van der Waals surface area contributed by atoms with Gasteiger partial charge in [0, 0.05) is 18.9 Å². The first-order valence-electron chi connectivity index (χ1n) is 5.72. The van der Waals surface area contributed by atoms with Crippen LogP contribution in [0.1, 0.15) is 12.8 Å². The highest BCUT2D eigenvalue weighted by Gasteiger charge is 2.32. The molecule has 1 fully saturated rings. The number of benzene rings is 1. The Morgan fingerprint density at radius 3 is 2.94 bits per heavy atom.